The molecule has 8 heteroatoms. The van der Waals surface area contributed by atoms with E-state index < -0.39 is 0 Å². The third-order valence-corrected chi connectivity index (χ3v) is 8.15. The van der Waals surface area contributed by atoms with E-state index >= 15 is 0 Å². The monoisotopic (exact) mass is 545 g/mol. The molecule has 2 aromatic heterocycles. The molecule has 0 saturated carbocycles. The Bertz CT molecular complexity index is 1380. The predicted octanol–water partition coefficient (Wildman–Crippen LogP) is 5.89. The second-order valence-electron chi connectivity index (χ2n) is 10.6. The number of rotatable bonds is 9. The minimum absolute atomic E-state index is 0.649. The Hall–Kier alpha value is -3.13. The summed E-state index contributed by atoms with van der Waals surface area (Å²) in [7, 11) is 0. The molecule has 39 heavy (non-hydrogen) atoms. The quantitative estimate of drug-likeness (QED) is 0.244. The van der Waals surface area contributed by atoms with E-state index in [-0.39, 0.29) is 0 Å². The third kappa shape index (κ3) is 6.06. The lowest BCUT2D eigenvalue weighted by molar-refractivity contribution is 0.122. The Morgan fingerprint density at radius 2 is 1.82 bits per heavy atom. The first kappa shape index (κ1) is 26.1. The van der Waals surface area contributed by atoms with Gasteiger partial charge in [-0.15, -0.1) is 5.10 Å². The van der Waals surface area contributed by atoms with Crippen LogP contribution in [0.15, 0.2) is 60.8 Å². The second-order valence-corrected chi connectivity index (χ2v) is 11.0. The number of hydrogen-bond donors (Lipinski definition) is 0. The largest absolute Gasteiger partial charge is 0.476 e. The van der Waals surface area contributed by atoms with Gasteiger partial charge < -0.3 is 19.3 Å². The third-order valence-electron chi connectivity index (χ3n) is 7.90. The fraction of sp³-hybridized carbons (Fsp3) is 0.419. The summed E-state index contributed by atoms with van der Waals surface area (Å²) in [5, 5.41) is 6.67. The highest BCUT2D eigenvalue weighted by atomic mass is 35.5. The van der Waals surface area contributed by atoms with Gasteiger partial charge in [0.25, 0.3) is 0 Å². The van der Waals surface area contributed by atoms with Gasteiger partial charge in [-0.25, -0.2) is 4.98 Å². The van der Waals surface area contributed by atoms with Crippen LogP contribution in [0.3, 0.4) is 0 Å². The Morgan fingerprint density at radius 1 is 1.00 bits per heavy atom. The zero-order valence-electron chi connectivity index (χ0n) is 22.6. The number of benzene rings is 2. The fourth-order valence-electron chi connectivity index (χ4n) is 5.62. The van der Waals surface area contributed by atoms with Crippen molar-refractivity contribution < 1.29 is 9.47 Å². The number of anilines is 1. The van der Waals surface area contributed by atoms with Gasteiger partial charge in [0, 0.05) is 42.5 Å². The van der Waals surface area contributed by atoms with E-state index in [4.69, 9.17) is 31.2 Å². The average Bonchev–Trinajstić information content (AvgIpc) is 3.55. The molecule has 2 saturated heterocycles. The molecule has 1 atom stereocenters. The van der Waals surface area contributed by atoms with Crippen LogP contribution >= 0.6 is 11.6 Å². The number of hydrogen-bond acceptors (Lipinski definition) is 6. The molecule has 0 amide bonds. The zero-order valence-corrected chi connectivity index (χ0v) is 23.3. The lowest BCUT2D eigenvalue weighted by Crippen LogP contribution is -2.36. The Morgan fingerprint density at radius 3 is 2.56 bits per heavy atom. The summed E-state index contributed by atoms with van der Waals surface area (Å²) in [6.07, 6.45) is 5.54. The van der Waals surface area contributed by atoms with Crippen molar-refractivity contribution >= 4 is 28.3 Å². The van der Waals surface area contributed by atoms with Gasteiger partial charge in [-0.1, -0.05) is 29.8 Å². The first-order chi connectivity index (χ1) is 19.1. The number of ether oxygens (including phenoxy) is 2. The highest BCUT2D eigenvalue weighted by molar-refractivity contribution is 6.30. The fourth-order valence-corrected chi connectivity index (χ4v) is 5.74. The molecule has 0 N–H and O–H groups in total. The lowest BCUT2D eigenvalue weighted by Gasteiger charge is -2.27. The number of likely N-dealkylation sites (tertiary alicyclic amines) is 1. The van der Waals surface area contributed by atoms with Crippen LogP contribution in [0, 0.1) is 0 Å². The molecule has 1 unspecified atom stereocenters. The van der Waals surface area contributed by atoms with Crippen molar-refractivity contribution in [2.45, 2.75) is 38.8 Å². The SMILES string of the molecule is CC1CCCN1CCCOc1nn(Cc2ccc(Cl)cc2)c2ccc(-c3ccc(N4CCOCC4)nc3)cc12. The van der Waals surface area contributed by atoms with Gasteiger partial charge in [0.1, 0.15) is 5.82 Å². The molecule has 4 aromatic rings. The topological polar surface area (TPSA) is 55.7 Å². The van der Waals surface area contributed by atoms with Gasteiger partial charge in [0.15, 0.2) is 0 Å². The summed E-state index contributed by atoms with van der Waals surface area (Å²) in [4.78, 5) is 9.59. The predicted molar refractivity (Wildman–Crippen MR) is 157 cm³/mol. The van der Waals surface area contributed by atoms with Crippen molar-refractivity contribution in [1.29, 1.82) is 0 Å². The molecule has 2 aliphatic rings. The molecule has 0 bridgehead atoms. The number of halogens is 1. The van der Waals surface area contributed by atoms with Crippen molar-refractivity contribution in [2.24, 2.45) is 0 Å². The van der Waals surface area contributed by atoms with E-state index in [1.807, 2.05) is 35.1 Å². The first-order valence-corrected chi connectivity index (χ1v) is 14.4. The van der Waals surface area contributed by atoms with Crippen LogP contribution in [0.1, 0.15) is 31.7 Å². The van der Waals surface area contributed by atoms with Gasteiger partial charge >= 0.3 is 0 Å². The van der Waals surface area contributed by atoms with E-state index in [0.717, 1.165) is 77.7 Å². The van der Waals surface area contributed by atoms with Gasteiger partial charge in [0.2, 0.25) is 5.88 Å². The van der Waals surface area contributed by atoms with Gasteiger partial charge in [-0.05, 0) is 80.3 Å². The maximum Gasteiger partial charge on any atom is 0.240 e. The molecule has 2 aromatic carbocycles. The van der Waals surface area contributed by atoms with E-state index in [1.54, 1.807) is 0 Å². The molecule has 204 valence electrons. The zero-order chi connectivity index (χ0) is 26.6. The van der Waals surface area contributed by atoms with Crippen molar-refractivity contribution in [1.82, 2.24) is 19.7 Å². The van der Waals surface area contributed by atoms with Gasteiger partial charge in [-0.2, -0.15) is 0 Å². The maximum absolute atomic E-state index is 6.33. The molecule has 6 rings (SSSR count). The summed E-state index contributed by atoms with van der Waals surface area (Å²) in [6, 6.07) is 19.3. The van der Waals surface area contributed by atoms with Crippen LogP contribution in [-0.4, -0.2) is 71.7 Å². The smallest absolute Gasteiger partial charge is 0.240 e. The molecule has 2 fully saturated rings. The normalized spacial score (nSPS) is 18.2. The van der Waals surface area contributed by atoms with E-state index in [2.05, 4.69) is 47.1 Å². The van der Waals surface area contributed by atoms with Crippen molar-refractivity contribution in [3.05, 3.63) is 71.4 Å². The summed E-state index contributed by atoms with van der Waals surface area (Å²) < 4.78 is 13.8. The van der Waals surface area contributed by atoms with Crippen LogP contribution in [0.4, 0.5) is 5.82 Å². The second kappa shape index (κ2) is 11.9. The van der Waals surface area contributed by atoms with Gasteiger partial charge in [0.05, 0.1) is 37.3 Å². The van der Waals surface area contributed by atoms with Crippen LogP contribution in [0.2, 0.25) is 5.02 Å². The molecule has 0 radical (unpaired) electrons. The Kier molecular flexibility index (Phi) is 8.00. The van der Waals surface area contributed by atoms with Crippen LogP contribution in [0.25, 0.3) is 22.0 Å². The number of morpholine rings is 1. The van der Waals surface area contributed by atoms with Crippen LogP contribution in [-0.2, 0) is 11.3 Å². The minimum Gasteiger partial charge on any atom is -0.476 e. The van der Waals surface area contributed by atoms with Crippen molar-refractivity contribution in [3.63, 3.8) is 0 Å². The summed E-state index contributed by atoms with van der Waals surface area (Å²) in [5.41, 5.74) is 4.37. The Balaban J connectivity index is 1.24. The van der Waals surface area contributed by atoms with Crippen molar-refractivity contribution in [3.8, 4) is 17.0 Å². The van der Waals surface area contributed by atoms with Crippen LogP contribution in [0.5, 0.6) is 5.88 Å². The molecule has 0 spiro atoms. The minimum atomic E-state index is 0.649. The summed E-state index contributed by atoms with van der Waals surface area (Å²) in [6.45, 7) is 9.14. The number of nitrogens with zero attached hydrogens (tertiary/aromatic N) is 5. The molecule has 0 aliphatic carbocycles. The highest BCUT2D eigenvalue weighted by Gasteiger charge is 2.20. The lowest BCUT2D eigenvalue weighted by atomic mass is 10.1. The summed E-state index contributed by atoms with van der Waals surface area (Å²) >= 11 is 6.11. The average molecular weight is 546 g/mol. The molecule has 2 aliphatic heterocycles. The standard InChI is InChI=1S/C31H36ClN5O2/c1-23-4-2-13-35(23)14-3-17-39-31-28-20-25(26-8-12-30(33-21-26)36-15-18-38-19-16-36)7-11-29(28)37(34-31)22-24-5-9-27(32)10-6-24/h5-12,20-21,23H,2-4,13-19,22H2,1H3. The Labute approximate surface area is 235 Å². The van der Waals surface area contributed by atoms with E-state index in [0.29, 0.717) is 25.1 Å². The highest BCUT2D eigenvalue weighted by Crippen LogP contribution is 2.31. The molecule has 4 heterocycles. The molecular formula is C31H36ClN5O2. The maximum atomic E-state index is 6.33. The van der Waals surface area contributed by atoms with E-state index in [1.165, 1.54) is 19.4 Å². The number of pyridine rings is 1. The first-order valence-electron chi connectivity index (χ1n) is 14.0. The molecular weight excluding hydrogens is 510 g/mol. The summed E-state index contributed by atoms with van der Waals surface area (Å²) in [5.74, 6) is 1.68. The number of fused-ring (bicyclic) bond motifs is 1. The van der Waals surface area contributed by atoms with E-state index in [9.17, 15) is 0 Å². The van der Waals surface area contributed by atoms with Gasteiger partial charge in [-0.3, -0.25) is 4.68 Å². The van der Waals surface area contributed by atoms with Crippen LogP contribution < -0.4 is 9.64 Å². The number of aromatic nitrogens is 3. The van der Waals surface area contributed by atoms with Crippen molar-refractivity contribution in [2.75, 3.05) is 50.9 Å². The molecule has 7 nitrogen and oxygen atoms in total.